The molecule has 1 aromatic carbocycles. The Hall–Kier alpha value is -2.00. The Labute approximate surface area is 158 Å². The number of nitrogens with one attached hydrogen (secondary N) is 2. The van der Waals surface area contributed by atoms with Gasteiger partial charge in [0.1, 0.15) is 16.6 Å². The summed E-state index contributed by atoms with van der Waals surface area (Å²) in [7, 11) is -1.06. The molecule has 1 aliphatic carbocycles. The molecule has 0 bridgehead atoms. The highest BCUT2D eigenvalue weighted by molar-refractivity contribution is 7.87. The molecule has 1 fully saturated rings. The number of hydrogen-bond donors (Lipinski definition) is 2. The van der Waals surface area contributed by atoms with Crippen LogP contribution in [0.5, 0.6) is 0 Å². The summed E-state index contributed by atoms with van der Waals surface area (Å²) in [5.74, 6) is 5.89. The molecule has 1 atom stereocenters. The van der Waals surface area contributed by atoms with Crippen molar-refractivity contribution in [3.05, 3.63) is 29.8 Å². The number of anilines is 1. The van der Waals surface area contributed by atoms with Crippen LogP contribution in [0.1, 0.15) is 58.4 Å². The molecule has 0 saturated heterocycles. The predicted octanol–water partition coefficient (Wildman–Crippen LogP) is 3.97. The average Bonchev–Trinajstić information content (AvgIpc) is 2.58. The second-order valence-corrected chi connectivity index (χ2v) is 8.86. The maximum atomic E-state index is 12.4. The van der Waals surface area contributed by atoms with Crippen LogP contribution in [-0.2, 0) is 15.7 Å². The Morgan fingerprint density at radius 3 is 2.69 bits per heavy atom. The summed E-state index contributed by atoms with van der Waals surface area (Å²) in [6.45, 7) is 5.65. The van der Waals surface area contributed by atoms with Gasteiger partial charge in [-0.25, -0.2) is 9.00 Å². The minimum atomic E-state index is -1.06. The predicted molar refractivity (Wildman–Crippen MR) is 106 cm³/mol. The van der Waals surface area contributed by atoms with E-state index in [2.05, 4.69) is 21.9 Å². The number of benzene rings is 1. The minimum Gasteiger partial charge on any atom is -0.444 e. The normalized spacial score (nSPS) is 16.1. The lowest BCUT2D eigenvalue weighted by atomic mass is 10.0. The molecule has 5 nitrogen and oxygen atoms in total. The van der Waals surface area contributed by atoms with Gasteiger partial charge in [0.05, 0.1) is 11.8 Å². The van der Waals surface area contributed by atoms with Gasteiger partial charge in [-0.2, -0.15) is 0 Å². The van der Waals surface area contributed by atoms with Gasteiger partial charge in [0.25, 0.3) is 0 Å². The molecule has 2 N–H and O–H groups in total. The summed E-state index contributed by atoms with van der Waals surface area (Å²) in [6, 6.07) is 7.53. The van der Waals surface area contributed by atoms with Crippen LogP contribution < -0.4 is 10.0 Å². The van der Waals surface area contributed by atoms with Crippen LogP contribution in [0.15, 0.2) is 24.3 Å². The second-order valence-electron chi connectivity index (χ2n) is 7.40. The van der Waals surface area contributed by atoms with Gasteiger partial charge >= 0.3 is 6.09 Å². The fourth-order valence-electron chi connectivity index (χ4n) is 2.72. The molecule has 0 heterocycles. The molecular weight excluding hydrogens is 348 g/mol. The van der Waals surface area contributed by atoms with Gasteiger partial charge in [-0.1, -0.05) is 37.2 Å². The third-order valence-corrected chi connectivity index (χ3v) is 5.40. The van der Waals surface area contributed by atoms with Crippen LogP contribution in [0.25, 0.3) is 0 Å². The smallest absolute Gasteiger partial charge is 0.408 e. The van der Waals surface area contributed by atoms with Crippen molar-refractivity contribution in [2.45, 2.75) is 63.7 Å². The quantitative estimate of drug-likeness (QED) is 0.781. The molecule has 1 saturated carbocycles. The first kappa shape index (κ1) is 20.3. The minimum absolute atomic E-state index is 0.209. The Bertz CT molecular complexity index is 695. The van der Waals surface area contributed by atoms with E-state index in [1.165, 1.54) is 6.42 Å². The van der Waals surface area contributed by atoms with E-state index in [-0.39, 0.29) is 11.8 Å². The van der Waals surface area contributed by atoms with E-state index in [0.717, 1.165) is 36.9 Å². The zero-order valence-electron chi connectivity index (χ0n) is 15.8. The highest BCUT2D eigenvalue weighted by Crippen LogP contribution is 2.23. The van der Waals surface area contributed by atoms with Crippen molar-refractivity contribution < 1.29 is 13.7 Å². The maximum absolute atomic E-state index is 12.4. The highest BCUT2D eigenvalue weighted by Gasteiger charge is 2.19. The van der Waals surface area contributed by atoms with Crippen molar-refractivity contribution in [1.29, 1.82) is 0 Å². The van der Waals surface area contributed by atoms with Crippen molar-refractivity contribution in [2.24, 2.45) is 0 Å². The van der Waals surface area contributed by atoms with E-state index in [9.17, 15) is 9.00 Å². The van der Waals surface area contributed by atoms with Crippen LogP contribution in [0, 0.1) is 11.8 Å². The van der Waals surface area contributed by atoms with Crippen molar-refractivity contribution in [3.63, 3.8) is 0 Å². The third kappa shape index (κ3) is 7.49. The topological polar surface area (TPSA) is 67.4 Å². The Morgan fingerprint density at radius 2 is 2.00 bits per heavy atom. The molecule has 2 rings (SSSR count). The number of ether oxygens (including phenoxy) is 1. The van der Waals surface area contributed by atoms with Gasteiger partial charge < -0.3 is 14.8 Å². The SMILES string of the molecule is CC(C)(C)OC(=O)NCC#Cc1cccc(NS(=O)C2CCCCC2)c1. The van der Waals surface area contributed by atoms with E-state index >= 15 is 0 Å². The van der Waals surface area contributed by atoms with E-state index < -0.39 is 22.7 Å². The van der Waals surface area contributed by atoms with E-state index in [1.807, 2.05) is 45.0 Å². The molecule has 1 aliphatic rings. The van der Waals surface area contributed by atoms with Crippen molar-refractivity contribution >= 4 is 22.8 Å². The summed E-state index contributed by atoms with van der Waals surface area (Å²) in [5, 5.41) is 2.83. The zero-order valence-corrected chi connectivity index (χ0v) is 16.6. The molecular formula is C20H28N2O3S. The first-order valence-corrected chi connectivity index (χ1v) is 10.3. The number of alkyl carbamates (subject to hydrolysis) is 1. The fourth-order valence-corrected chi connectivity index (χ4v) is 4.00. The summed E-state index contributed by atoms with van der Waals surface area (Å²) in [6.07, 6.45) is 5.13. The van der Waals surface area contributed by atoms with Crippen LogP contribution in [0.3, 0.4) is 0 Å². The zero-order chi connectivity index (χ0) is 19.0. The van der Waals surface area contributed by atoms with Gasteiger partial charge in [0.15, 0.2) is 0 Å². The molecule has 6 heteroatoms. The monoisotopic (exact) mass is 376 g/mol. The van der Waals surface area contributed by atoms with E-state index in [1.54, 1.807) is 0 Å². The summed E-state index contributed by atoms with van der Waals surface area (Å²) in [4.78, 5) is 11.6. The second kappa shape index (κ2) is 9.63. The molecule has 1 unspecified atom stereocenters. The van der Waals surface area contributed by atoms with Crippen LogP contribution >= 0.6 is 0 Å². The first-order chi connectivity index (χ1) is 12.3. The first-order valence-electron chi connectivity index (χ1n) is 9.06. The number of hydrogen-bond acceptors (Lipinski definition) is 3. The number of carbonyl (C=O) groups excluding carboxylic acids is 1. The molecule has 26 heavy (non-hydrogen) atoms. The Kier molecular flexibility index (Phi) is 7.52. The lowest BCUT2D eigenvalue weighted by molar-refractivity contribution is 0.0535. The Balaban J connectivity index is 1.85. The van der Waals surface area contributed by atoms with Gasteiger partial charge in [0, 0.05) is 11.3 Å². The van der Waals surface area contributed by atoms with E-state index in [0.29, 0.717) is 0 Å². The number of carbonyl (C=O) groups is 1. The summed E-state index contributed by atoms with van der Waals surface area (Å²) in [5.41, 5.74) is 1.09. The van der Waals surface area contributed by atoms with Gasteiger partial charge in [0.2, 0.25) is 0 Å². The van der Waals surface area contributed by atoms with Crippen LogP contribution in [0.2, 0.25) is 0 Å². The van der Waals surface area contributed by atoms with Crippen molar-refractivity contribution in [3.8, 4) is 11.8 Å². The summed E-state index contributed by atoms with van der Waals surface area (Å²) >= 11 is 0. The highest BCUT2D eigenvalue weighted by atomic mass is 32.2. The van der Waals surface area contributed by atoms with Gasteiger partial charge in [-0.05, 0) is 51.8 Å². The molecule has 1 aromatic rings. The van der Waals surface area contributed by atoms with E-state index in [4.69, 9.17) is 4.74 Å². The standard InChI is InChI=1S/C20H28N2O3S/c1-20(2,3)25-19(23)21-14-8-10-16-9-7-11-17(15-16)22-26(24)18-12-5-4-6-13-18/h7,9,11,15,18,22H,4-6,12-14H2,1-3H3,(H,21,23). The molecule has 142 valence electrons. The van der Waals surface area contributed by atoms with Crippen molar-refractivity contribution in [2.75, 3.05) is 11.3 Å². The van der Waals surface area contributed by atoms with Gasteiger partial charge in [-0.15, -0.1) is 0 Å². The van der Waals surface area contributed by atoms with Crippen LogP contribution in [0.4, 0.5) is 10.5 Å². The molecule has 0 spiro atoms. The third-order valence-electron chi connectivity index (χ3n) is 3.89. The molecule has 0 aromatic heterocycles. The molecule has 1 amide bonds. The summed E-state index contributed by atoms with van der Waals surface area (Å²) < 4.78 is 20.7. The average molecular weight is 377 g/mol. The van der Waals surface area contributed by atoms with Gasteiger partial charge in [-0.3, -0.25) is 0 Å². The fraction of sp³-hybridized carbons (Fsp3) is 0.550. The molecule has 0 aliphatic heterocycles. The lowest BCUT2D eigenvalue weighted by Gasteiger charge is -2.21. The lowest BCUT2D eigenvalue weighted by Crippen LogP contribution is -2.32. The Morgan fingerprint density at radius 1 is 1.27 bits per heavy atom. The van der Waals surface area contributed by atoms with Crippen molar-refractivity contribution in [1.82, 2.24) is 5.32 Å². The molecule has 0 radical (unpaired) electrons. The largest absolute Gasteiger partial charge is 0.444 e. The maximum Gasteiger partial charge on any atom is 0.408 e. The number of amides is 1. The number of rotatable bonds is 4. The van der Waals surface area contributed by atoms with Crippen LogP contribution in [-0.4, -0.2) is 27.7 Å².